The van der Waals surface area contributed by atoms with Gasteiger partial charge in [0, 0.05) is 23.9 Å². The molecule has 3 heterocycles. The van der Waals surface area contributed by atoms with Crippen molar-refractivity contribution < 1.29 is 19.3 Å². The second-order valence-electron chi connectivity index (χ2n) is 7.88. The van der Waals surface area contributed by atoms with Crippen molar-refractivity contribution in [3.63, 3.8) is 0 Å². The Morgan fingerprint density at radius 3 is 2.56 bits per heavy atom. The first kappa shape index (κ1) is 20.6. The molecule has 0 saturated carbocycles. The highest BCUT2D eigenvalue weighted by molar-refractivity contribution is 6.02. The molecule has 2 aromatic heterocycles. The molecular weight excluding hydrogens is 411 g/mol. The minimum atomic E-state index is -0.762. The van der Waals surface area contributed by atoms with E-state index in [1.165, 1.54) is 12.1 Å². The van der Waals surface area contributed by atoms with E-state index in [9.17, 15) is 14.6 Å². The maximum atomic E-state index is 13.4. The Morgan fingerprint density at radius 2 is 1.88 bits per heavy atom. The predicted molar refractivity (Wildman–Crippen MR) is 119 cm³/mol. The van der Waals surface area contributed by atoms with E-state index in [4.69, 9.17) is 4.74 Å². The summed E-state index contributed by atoms with van der Waals surface area (Å²) in [5.74, 6) is 0.832. The number of nitrogens with one attached hydrogen (secondary N) is 1. The van der Waals surface area contributed by atoms with Gasteiger partial charge in [-0.25, -0.2) is 14.4 Å². The number of nitrogens with zero attached hydrogens (tertiary/aromatic N) is 3. The summed E-state index contributed by atoms with van der Waals surface area (Å²) in [6.07, 6.45) is 0.406. The van der Waals surface area contributed by atoms with E-state index in [2.05, 4.69) is 15.3 Å². The second kappa shape index (κ2) is 8.31. The number of rotatable bonds is 5. The van der Waals surface area contributed by atoms with Crippen molar-refractivity contribution in [3.05, 3.63) is 72.4 Å². The topological polar surface area (TPSA) is 92.4 Å². The molecular formula is C24H23FN4O3. The summed E-state index contributed by atoms with van der Waals surface area (Å²) in [7, 11) is 0. The summed E-state index contributed by atoms with van der Waals surface area (Å²) < 4.78 is 21.2. The van der Waals surface area contributed by atoms with Gasteiger partial charge in [0.1, 0.15) is 35.4 Å². The highest BCUT2D eigenvalue weighted by Crippen LogP contribution is 2.39. The van der Waals surface area contributed by atoms with Gasteiger partial charge in [-0.1, -0.05) is 30.3 Å². The molecule has 0 bridgehead atoms. The molecule has 0 amide bonds. The van der Waals surface area contributed by atoms with E-state index >= 15 is 0 Å². The van der Waals surface area contributed by atoms with E-state index in [1.54, 1.807) is 19.1 Å². The molecule has 1 fully saturated rings. The molecule has 0 spiro atoms. The lowest BCUT2D eigenvalue weighted by Crippen LogP contribution is -2.24. The molecule has 164 valence electrons. The zero-order valence-electron chi connectivity index (χ0n) is 17.4. The van der Waals surface area contributed by atoms with Crippen LogP contribution in [0.25, 0.3) is 22.2 Å². The van der Waals surface area contributed by atoms with Crippen LogP contribution in [-0.2, 0) is 4.74 Å². The van der Waals surface area contributed by atoms with Crippen LogP contribution in [0.15, 0.2) is 60.8 Å². The fourth-order valence-corrected chi connectivity index (χ4v) is 4.12. The normalized spacial score (nSPS) is 20.7. The molecule has 1 aliphatic rings. The smallest absolute Gasteiger partial charge is 0.148 e. The van der Waals surface area contributed by atoms with Crippen molar-refractivity contribution in [2.45, 2.75) is 31.8 Å². The van der Waals surface area contributed by atoms with Crippen molar-refractivity contribution in [1.82, 2.24) is 14.5 Å². The summed E-state index contributed by atoms with van der Waals surface area (Å²) in [6, 6.07) is 15.9. The van der Waals surface area contributed by atoms with Crippen LogP contribution in [0.5, 0.6) is 0 Å². The summed E-state index contributed by atoms with van der Waals surface area (Å²) in [4.78, 5) is 9.32. The van der Waals surface area contributed by atoms with Crippen LogP contribution in [0.2, 0.25) is 0 Å². The van der Waals surface area contributed by atoms with Crippen LogP contribution in [0.1, 0.15) is 18.5 Å². The summed E-state index contributed by atoms with van der Waals surface area (Å²) >= 11 is 0. The first-order valence-electron chi connectivity index (χ1n) is 10.4. The van der Waals surface area contributed by atoms with Gasteiger partial charge in [-0.05, 0) is 36.8 Å². The molecule has 5 rings (SSSR count). The van der Waals surface area contributed by atoms with Gasteiger partial charge in [0.25, 0.3) is 0 Å². The number of ether oxygens (including phenoxy) is 1. The fraction of sp³-hybridized carbons (Fsp3) is 0.250. The Kier molecular flexibility index (Phi) is 5.34. The Labute approximate surface area is 184 Å². The number of aliphatic hydroxyl groups excluding tert-OH is 2. The first-order chi connectivity index (χ1) is 15.5. The molecule has 0 unspecified atom stereocenters. The van der Waals surface area contributed by atoms with Gasteiger partial charge in [0.2, 0.25) is 0 Å². The number of benzene rings is 2. The third-order valence-electron chi connectivity index (χ3n) is 5.67. The van der Waals surface area contributed by atoms with Gasteiger partial charge in [0.05, 0.1) is 18.1 Å². The largest absolute Gasteiger partial charge is 0.394 e. The number of aryl methyl sites for hydroxylation is 1. The minimum absolute atomic E-state index is 0.256. The van der Waals surface area contributed by atoms with Crippen molar-refractivity contribution in [1.29, 1.82) is 0 Å². The number of aliphatic hydroxyl groups is 2. The average molecular weight is 434 g/mol. The fourth-order valence-electron chi connectivity index (χ4n) is 4.12. The van der Waals surface area contributed by atoms with Crippen LogP contribution < -0.4 is 5.32 Å². The van der Waals surface area contributed by atoms with Gasteiger partial charge in [0.15, 0.2) is 0 Å². The highest BCUT2D eigenvalue weighted by atomic mass is 19.1. The van der Waals surface area contributed by atoms with Crippen LogP contribution in [0.3, 0.4) is 0 Å². The van der Waals surface area contributed by atoms with E-state index in [1.807, 2.05) is 41.1 Å². The third-order valence-corrected chi connectivity index (χ3v) is 5.67. The summed E-state index contributed by atoms with van der Waals surface area (Å²) in [5.41, 5.74) is 3.22. The van der Waals surface area contributed by atoms with Crippen molar-refractivity contribution in [3.8, 4) is 11.1 Å². The summed E-state index contributed by atoms with van der Waals surface area (Å²) in [5, 5.41) is 23.9. The van der Waals surface area contributed by atoms with Gasteiger partial charge in [-0.15, -0.1) is 0 Å². The molecule has 32 heavy (non-hydrogen) atoms. The molecule has 1 aliphatic heterocycles. The monoisotopic (exact) mass is 434 g/mol. The highest BCUT2D eigenvalue weighted by Gasteiger charge is 2.36. The standard InChI is InChI=1S/C24H23FN4O3/c1-14-26-23(28-17-9-7-16(25)8-10-17)22-18(15-5-3-2-4-6-15)12-29(24(22)27-14)21-11-19(31)20(13-30)32-21/h2-10,12,19-21,30-31H,11,13H2,1H3,(H,26,27,28)/t19-,20+,21+/m0/s1. The zero-order valence-corrected chi connectivity index (χ0v) is 17.4. The number of aromatic nitrogens is 3. The van der Waals surface area contributed by atoms with Gasteiger partial charge in [-0.3, -0.25) is 0 Å². The molecule has 8 heteroatoms. The summed E-state index contributed by atoms with van der Waals surface area (Å²) in [6.45, 7) is 1.55. The molecule has 1 saturated heterocycles. The number of fused-ring (bicyclic) bond motifs is 1. The Hall–Kier alpha value is -3.33. The second-order valence-corrected chi connectivity index (χ2v) is 7.88. The van der Waals surface area contributed by atoms with Crippen LogP contribution in [0.4, 0.5) is 15.9 Å². The molecule has 7 nitrogen and oxygen atoms in total. The number of halogens is 1. The number of hydrogen-bond donors (Lipinski definition) is 3. The number of anilines is 2. The van der Waals surface area contributed by atoms with E-state index in [0.29, 0.717) is 29.4 Å². The van der Waals surface area contributed by atoms with Crippen molar-refractivity contribution in [2.24, 2.45) is 0 Å². The Bertz CT molecular complexity index is 1240. The molecule has 4 aromatic rings. The first-order valence-corrected chi connectivity index (χ1v) is 10.4. The van der Waals surface area contributed by atoms with Gasteiger partial charge in [-0.2, -0.15) is 0 Å². The molecule has 2 aromatic carbocycles. The van der Waals surface area contributed by atoms with E-state index in [-0.39, 0.29) is 12.4 Å². The van der Waals surface area contributed by atoms with Crippen LogP contribution in [-0.4, -0.2) is 43.6 Å². The Morgan fingerprint density at radius 1 is 1.12 bits per heavy atom. The van der Waals surface area contributed by atoms with Gasteiger partial charge < -0.3 is 24.8 Å². The third kappa shape index (κ3) is 3.73. The zero-order chi connectivity index (χ0) is 22.2. The lowest BCUT2D eigenvalue weighted by atomic mass is 10.1. The van der Waals surface area contributed by atoms with Crippen LogP contribution in [0, 0.1) is 12.7 Å². The Balaban J connectivity index is 1.69. The molecule has 0 radical (unpaired) electrons. The molecule has 3 atom stereocenters. The SMILES string of the molecule is Cc1nc(Nc2ccc(F)cc2)c2c(-c3ccccc3)cn([C@H]3C[C@H](O)[C@@H](CO)O3)c2n1. The quantitative estimate of drug-likeness (QED) is 0.441. The maximum Gasteiger partial charge on any atom is 0.148 e. The number of hydrogen-bond acceptors (Lipinski definition) is 6. The lowest BCUT2D eigenvalue weighted by molar-refractivity contribution is -0.0430. The lowest BCUT2D eigenvalue weighted by Gasteiger charge is -2.15. The molecule has 3 N–H and O–H groups in total. The van der Waals surface area contributed by atoms with Crippen molar-refractivity contribution in [2.75, 3.05) is 11.9 Å². The van der Waals surface area contributed by atoms with Crippen molar-refractivity contribution >= 4 is 22.5 Å². The maximum absolute atomic E-state index is 13.4. The van der Waals surface area contributed by atoms with Crippen LogP contribution >= 0.6 is 0 Å². The van der Waals surface area contributed by atoms with E-state index in [0.717, 1.165) is 16.5 Å². The van der Waals surface area contributed by atoms with E-state index < -0.39 is 18.4 Å². The minimum Gasteiger partial charge on any atom is -0.394 e. The average Bonchev–Trinajstić information content (AvgIpc) is 3.36. The molecule has 0 aliphatic carbocycles. The van der Waals surface area contributed by atoms with Gasteiger partial charge >= 0.3 is 0 Å². The predicted octanol–water partition coefficient (Wildman–Crippen LogP) is 3.93.